The van der Waals surface area contributed by atoms with Gasteiger partial charge in [-0.2, -0.15) is 0 Å². The normalized spacial score (nSPS) is 20.7. The highest BCUT2D eigenvalue weighted by Gasteiger charge is 2.30. The van der Waals surface area contributed by atoms with Gasteiger partial charge in [-0.15, -0.1) is 0 Å². The Balaban J connectivity index is 1.96. The Morgan fingerprint density at radius 2 is 1.83 bits per heavy atom. The van der Waals surface area contributed by atoms with Crippen LogP contribution in [0.25, 0.3) is 0 Å². The van der Waals surface area contributed by atoms with E-state index in [0.29, 0.717) is 24.4 Å². The summed E-state index contributed by atoms with van der Waals surface area (Å²) in [7, 11) is 0. The first-order chi connectivity index (χ1) is 11.3. The molecule has 0 bridgehead atoms. The first-order valence-electron chi connectivity index (χ1n) is 8.58. The third kappa shape index (κ3) is 3.93. The zero-order chi connectivity index (χ0) is 17.9. The molecule has 1 aliphatic heterocycles. The van der Waals surface area contributed by atoms with E-state index < -0.39 is 0 Å². The molecule has 0 atom stereocenters. The van der Waals surface area contributed by atoms with E-state index in [-0.39, 0.29) is 23.5 Å². The number of ether oxygens (including phenoxy) is 1. The molecular weight excluding hydrogens is 308 g/mol. The Hall–Kier alpha value is -1.95. The second-order valence-electron chi connectivity index (χ2n) is 6.56. The van der Waals surface area contributed by atoms with Crippen LogP contribution in [0.5, 0.6) is 0 Å². The van der Waals surface area contributed by atoms with Crippen molar-refractivity contribution in [1.29, 1.82) is 0 Å². The van der Waals surface area contributed by atoms with Gasteiger partial charge in [0.1, 0.15) is 6.54 Å². The fourth-order valence-corrected chi connectivity index (χ4v) is 3.57. The lowest BCUT2D eigenvalue weighted by Crippen LogP contribution is -3.14. The van der Waals surface area contributed by atoms with Crippen molar-refractivity contribution in [2.75, 3.05) is 26.2 Å². The monoisotopic (exact) mass is 335 g/mol. The molecule has 6 nitrogen and oxygen atoms in total. The molecule has 6 heteroatoms. The summed E-state index contributed by atoms with van der Waals surface area (Å²) in [5.74, 6) is -0.164. The van der Waals surface area contributed by atoms with Gasteiger partial charge in [-0.25, -0.2) is 0 Å². The van der Waals surface area contributed by atoms with Crippen molar-refractivity contribution in [2.24, 2.45) is 5.92 Å². The average molecular weight is 335 g/mol. The quantitative estimate of drug-likeness (QED) is 0.597. The van der Waals surface area contributed by atoms with Gasteiger partial charge in [0.05, 0.1) is 31.3 Å². The van der Waals surface area contributed by atoms with Gasteiger partial charge in [0.2, 0.25) is 5.78 Å². The van der Waals surface area contributed by atoms with Crippen LogP contribution in [0.3, 0.4) is 0 Å². The topological polar surface area (TPSA) is 80.7 Å². The molecule has 1 saturated heterocycles. The number of aromatic amines is 1. The summed E-state index contributed by atoms with van der Waals surface area (Å²) in [6.07, 6.45) is 1.51. The number of hydrogen-bond acceptors (Lipinski definition) is 4. The number of aryl methyl sites for hydroxylation is 1. The number of likely N-dealkylation sites (tertiary alicyclic amines) is 1. The molecule has 0 amide bonds. The summed E-state index contributed by atoms with van der Waals surface area (Å²) in [5, 5.41) is 0. The van der Waals surface area contributed by atoms with Gasteiger partial charge in [0.15, 0.2) is 5.78 Å². The highest BCUT2D eigenvalue weighted by Crippen LogP contribution is 2.18. The van der Waals surface area contributed by atoms with Crippen LogP contribution in [0.4, 0.5) is 0 Å². The van der Waals surface area contributed by atoms with Gasteiger partial charge < -0.3 is 14.6 Å². The number of esters is 1. The van der Waals surface area contributed by atoms with E-state index in [0.717, 1.165) is 37.2 Å². The summed E-state index contributed by atoms with van der Waals surface area (Å²) >= 11 is 0. The molecule has 0 unspecified atom stereocenters. The van der Waals surface area contributed by atoms with Gasteiger partial charge in [-0.05, 0) is 33.3 Å². The number of aromatic nitrogens is 1. The SMILES string of the molecule is CCOC(=O)C1CC[NH+](CC(=O)c2[nH]c(C)c(C(C)=O)c2C)CC1. The van der Waals surface area contributed by atoms with Crippen molar-refractivity contribution in [3.8, 4) is 0 Å². The van der Waals surface area contributed by atoms with E-state index in [2.05, 4.69) is 4.98 Å². The number of H-pyrrole nitrogens is 1. The van der Waals surface area contributed by atoms with Crippen LogP contribution in [0.1, 0.15) is 58.8 Å². The summed E-state index contributed by atoms with van der Waals surface area (Å²) in [4.78, 5) is 40.3. The number of nitrogens with one attached hydrogen (secondary N) is 2. The molecule has 2 N–H and O–H groups in total. The van der Waals surface area contributed by atoms with E-state index in [1.54, 1.807) is 0 Å². The average Bonchev–Trinajstić information content (AvgIpc) is 2.83. The zero-order valence-corrected chi connectivity index (χ0v) is 15.0. The number of hydrogen-bond donors (Lipinski definition) is 2. The maximum absolute atomic E-state index is 12.6. The predicted octanol–water partition coefficient (Wildman–Crippen LogP) is 0.875. The molecule has 1 aromatic heterocycles. The number of quaternary nitrogens is 1. The molecule has 0 aromatic carbocycles. The molecule has 1 aliphatic rings. The van der Waals surface area contributed by atoms with Crippen LogP contribution in [0.2, 0.25) is 0 Å². The minimum Gasteiger partial charge on any atom is -0.466 e. The zero-order valence-electron chi connectivity index (χ0n) is 15.0. The first kappa shape index (κ1) is 18.4. The number of carbonyl (C=O) groups excluding carboxylic acids is 3. The van der Waals surface area contributed by atoms with Crippen LogP contribution in [-0.4, -0.2) is 48.8 Å². The molecule has 132 valence electrons. The predicted molar refractivity (Wildman–Crippen MR) is 89.5 cm³/mol. The fraction of sp³-hybridized carbons (Fsp3) is 0.611. The van der Waals surface area contributed by atoms with Crippen LogP contribution >= 0.6 is 0 Å². The van der Waals surface area contributed by atoms with E-state index in [9.17, 15) is 14.4 Å². The van der Waals surface area contributed by atoms with Crippen molar-refractivity contribution >= 4 is 17.5 Å². The van der Waals surface area contributed by atoms with Crippen molar-refractivity contribution in [3.05, 3.63) is 22.5 Å². The van der Waals surface area contributed by atoms with E-state index in [4.69, 9.17) is 4.74 Å². The smallest absolute Gasteiger partial charge is 0.309 e. The van der Waals surface area contributed by atoms with Crippen LogP contribution in [0.15, 0.2) is 0 Å². The Morgan fingerprint density at radius 1 is 1.21 bits per heavy atom. The summed E-state index contributed by atoms with van der Waals surface area (Å²) in [5.41, 5.74) is 2.65. The number of ketones is 2. The minimum absolute atomic E-state index is 0.0210. The van der Waals surface area contributed by atoms with Crippen molar-refractivity contribution in [1.82, 2.24) is 4.98 Å². The maximum Gasteiger partial charge on any atom is 0.309 e. The first-order valence-corrected chi connectivity index (χ1v) is 8.58. The summed E-state index contributed by atoms with van der Waals surface area (Å²) in [6.45, 7) is 9.33. The lowest BCUT2D eigenvalue weighted by atomic mass is 9.96. The molecule has 0 saturated carbocycles. The second-order valence-corrected chi connectivity index (χ2v) is 6.56. The Labute approximate surface area is 142 Å². The van der Waals surface area contributed by atoms with E-state index >= 15 is 0 Å². The molecule has 24 heavy (non-hydrogen) atoms. The molecule has 1 aromatic rings. The molecule has 2 rings (SSSR count). The fourth-order valence-electron chi connectivity index (χ4n) is 3.57. The number of carbonyl (C=O) groups is 3. The van der Waals surface area contributed by atoms with Gasteiger partial charge >= 0.3 is 5.97 Å². The van der Waals surface area contributed by atoms with E-state index in [1.165, 1.54) is 11.8 Å². The Bertz CT molecular complexity index is 640. The third-order valence-electron chi connectivity index (χ3n) is 4.79. The summed E-state index contributed by atoms with van der Waals surface area (Å²) in [6, 6.07) is 0. The van der Waals surface area contributed by atoms with E-state index in [1.807, 2.05) is 20.8 Å². The van der Waals surface area contributed by atoms with Crippen molar-refractivity contribution < 1.29 is 24.0 Å². The highest BCUT2D eigenvalue weighted by molar-refractivity contribution is 6.03. The van der Waals surface area contributed by atoms with Crippen LogP contribution < -0.4 is 4.90 Å². The molecule has 2 heterocycles. The molecule has 0 spiro atoms. The number of Topliss-reactive ketones (excluding diaryl/α,β-unsaturated/α-hetero) is 2. The van der Waals surface area contributed by atoms with Gasteiger partial charge in [0, 0.05) is 24.1 Å². The van der Waals surface area contributed by atoms with Crippen LogP contribution in [0, 0.1) is 19.8 Å². The summed E-state index contributed by atoms with van der Waals surface area (Å²) < 4.78 is 5.07. The standard InChI is InChI=1S/C18H26N2O4/c1-5-24-18(23)14-6-8-20(9-7-14)10-15(22)17-11(2)16(13(4)21)12(3)19-17/h14,19H,5-10H2,1-4H3/p+1. The molecular formula is C18H27N2O4+. The Morgan fingerprint density at radius 3 is 2.33 bits per heavy atom. The third-order valence-corrected chi connectivity index (χ3v) is 4.79. The van der Waals surface area contributed by atoms with Crippen LogP contribution in [-0.2, 0) is 9.53 Å². The molecule has 1 fully saturated rings. The minimum atomic E-state index is -0.121. The lowest BCUT2D eigenvalue weighted by molar-refractivity contribution is -0.897. The molecule has 0 radical (unpaired) electrons. The van der Waals surface area contributed by atoms with Crippen molar-refractivity contribution in [3.63, 3.8) is 0 Å². The van der Waals surface area contributed by atoms with Gasteiger partial charge in [0.25, 0.3) is 0 Å². The van der Waals surface area contributed by atoms with Gasteiger partial charge in [-0.3, -0.25) is 14.4 Å². The lowest BCUT2D eigenvalue weighted by Gasteiger charge is -2.27. The largest absolute Gasteiger partial charge is 0.466 e. The number of rotatable bonds is 6. The maximum atomic E-state index is 12.6. The second kappa shape index (κ2) is 7.75. The van der Waals surface area contributed by atoms with Gasteiger partial charge in [-0.1, -0.05) is 0 Å². The Kier molecular flexibility index (Phi) is 5.94. The van der Waals surface area contributed by atoms with Crippen molar-refractivity contribution in [2.45, 2.75) is 40.5 Å². The molecule has 0 aliphatic carbocycles. The highest BCUT2D eigenvalue weighted by atomic mass is 16.5. The number of piperidine rings is 1.